The van der Waals surface area contributed by atoms with Crippen LogP contribution in [0.3, 0.4) is 0 Å². The Labute approximate surface area is 108 Å². The SMILES string of the molecule is O=CC(O)CO.O=CC1CO[B-]2(OCC(C=O)O2)O1. The lowest BCUT2D eigenvalue weighted by Crippen LogP contribution is -2.40. The van der Waals surface area contributed by atoms with E-state index in [9.17, 15) is 14.4 Å². The molecule has 0 saturated carbocycles. The topological polar surface area (TPSA) is 129 Å². The molecule has 1 spiro atoms. The standard InChI is InChI=1S/C6H8BO6.C3H6O3/c8-1-5-3-10-7(12-5)11-4-6(2-9)13-7;4-1-3(6)2-5/h1-2,5-6H,3-4H2;1,3,5-6H,2H2/q-1;. The van der Waals surface area contributed by atoms with E-state index in [1.54, 1.807) is 0 Å². The summed E-state index contributed by atoms with van der Waals surface area (Å²) in [6.45, 7) is -2.56. The molecule has 2 rings (SSSR count). The molecule has 0 aromatic heterocycles. The summed E-state index contributed by atoms with van der Waals surface area (Å²) in [6.07, 6.45) is -1.02. The molecule has 2 aliphatic heterocycles. The van der Waals surface area contributed by atoms with Gasteiger partial charge in [-0.3, -0.25) is 0 Å². The van der Waals surface area contributed by atoms with Gasteiger partial charge in [0.15, 0.2) is 6.29 Å². The lowest BCUT2D eigenvalue weighted by Gasteiger charge is -2.27. The van der Waals surface area contributed by atoms with E-state index in [-0.39, 0.29) is 19.5 Å². The van der Waals surface area contributed by atoms with Crippen molar-refractivity contribution in [3.63, 3.8) is 0 Å². The number of aldehydes is 3. The van der Waals surface area contributed by atoms with E-state index in [0.29, 0.717) is 12.6 Å². The van der Waals surface area contributed by atoms with Crippen molar-refractivity contribution in [3.05, 3.63) is 0 Å². The van der Waals surface area contributed by atoms with Crippen molar-refractivity contribution in [2.24, 2.45) is 0 Å². The summed E-state index contributed by atoms with van der Waals surface area (Å²) in [6, 6.07) is 0. The summed E-state index contributed by atoms with van der Waals surface area (Å²) >= 11 is 0. The largest absolute Gasteiger partial charge is 0.532 e. The van der Waals surface area contributed by atoms with Gasteiger partial charge in [0, 0.05) is 13.2 Å². The van der Waals surface area contributed by atoms with Gasteiger partial charge in [0.05, 0.1) is 18.8 Å². The Morgan fingerprint density at radius 2 is 1.58 bits per heavy atom. The van der Waals surface area contributed by atoms with E-state index in [2.05, 4.69) is 0 Å². The minimum Gasteiger partial charge on any atom is -0.516 e. The molecule has 2 heterocycles. The number of aliphatic hydroxyl groups excluding tert-OH is 2. The summed E-state index contributed by atoms with van der Waals surface area (Å²) in [4.78, 5) is 30.0. The molecular formula is C9H14BO9-. The number of carbonyl (C=O) groups is 3. The zero-order chi connectivity index (χ0) is 14.3. The third-order valence-corrected chi connectivity index (χ3v) is 2.26. The van der Waals surface area contributed by atoms with Gasteiger partial charge in [-0.2, -0.15) is 0 Å². The lowest BCUT2D eigenvalue weighted by atomic mass is 10.1. The number of aliphatic hydroxyl groups is 2. The summed E-state index contributed by atoms with van der Waals surface area (Å²) in [5.74, 6) is 0. The summed E-state index contributed by atoms with van der Waals surface area (Å²) in [7, 11) is 0. The van der Waals surface area contributed by atoms with Crippen LogP contribution in [-0.4, -0.2) is 74.2 Å². The van der Waals surface area contributed by atoms with Crippen molar-refractivity contribution in [3.8, 4) is 0 Å². The van der Waals surface area contributed by atoms with E-state index in [4.69, 9.17) is 28.8 Å². The second-order valence-corrected chi connectivity index (χ2v) is 3.75. The van der Waals surface area contributed by atoms with E-state index < -0.39 is 31.9 Å². The number of hydrogen-bond acceptors (Lipinski definition) is 9. The monoisotopic (exact) mass is 277 g/mol. The second kappa shape index (κ2) is 7.43. The molecule has 0 aromatic carbocycles. The quantitative estimate of drug-likeness (QED) is 0.413. The van der Waals surface area contributed by atoms with Gasteiger partial charge in [0.2, 0.25) is 0 Å². The van der Waals surface area contributed by atoms with Gasteiger partial charge in [0.25, 0.3) is 0 Å². The van der Waals surface area contributed by atoms with Crippen molar-refractivity contribution in [2.75, 3.05) is 19.8 Å². The van der Waals surface area contributed by atoms with Crippen LogP contribution in [0.25, 0.3) is 0 Å². The van der Waals surface area contributed by atoms with E-state index >= 15 is 0 Å². The minimum absolute atomic E-state index is 0.106. The Kier molecular flexibility index (Phi) is 6.21. The minimum atomic E-state index is -2.29. The molecule has 2 aliphatic rings. The first-order chi connectivity index (χ1) is 9.09. The van der Waals surface area contributed by atoms with Crippen molar-refractivity contribution >= 4 is 25.8 Å². The predicted octanol–water partition coefficient (Wildman–Crippen LogP) is -2.81. The average molecular weight is 277 g/mol. The molecule has 2 saturated heterocycles. The van der Waals surface area contributed by atoms with Crippen LogP contribution < -0.4 is 0 Å². The van der Waals surface area contributed by atoms with Gasteiger partial charge in [-0.1, -0.05) is 0 Å². The van der Waals surface area contributed by atoms with Crippen LogP contribution in [0.1, 0.15) is 0 Å². The molecule has 0 aliphatic carbocycles. The fraction of sp³-hybridized carbons (Fsp3) is 0.667. The normalized spacial score (nSPS) is 34.4. The first-order valence-corrected chi connectivity index (χ1v) is 5.50. The van der Waals surface area contributed by atoms with Gasteiger partial charge in [0.1, 0.15) is 18.7 Å². The molecule has 0 amide bonds. The van der Waals surface area contributed by atoms with Crippen LogP contribution in [0.4, 0.5) is 0 Å². The second-order valence-electron chi connectivity index (χ2n) is 3.75. The van der Waals surface area contributed by atoms with Gasteiger partial charge in [-0.25, -0.2) is 0 Å². The Balaban J connectivity index is 0.000000258. The first-order valence-electron chi connectivity index (χ1n) is 5.50. The Morgan fingerprint density at radius 3 is 1.79 bits per heavy atom. The molecule has 9 nitrogen and oxygen atoms in total. The molecule has 0 radical (unpaired) electrons. The maximum atomic E-state index is 10.3. The van der Waals surface area contributed by atoms with Gasteiger partial charge >= 0.3 is 6.96 Å². The molecule has 0 aromatic rings. The fourth-order valence-corrected chi connectivity index (χ4v) is 1.36. The van der Waals surface area contributed by atoms with Crippen molar-refractivity contribution < 1.29 is 43.2 Å². The highest BCUT2D eigenvalue weighted by Gasteiger charge is 2.46. The van der Waals surface area contributed by atoms with E-state index in [1.807, 2.05) is 0 Å². The predicted molar refractivity (Wildman–Crippen MR) is 58.7 cm³/mol. The van der Waals surface area contributed by atoms with Gasteiger partial charge < -0.3 is 43.2 Å². The zero-order valence-electron chi connectivity index (χ0n) is 9.91. The van der Waals surface area contributed by atoms with Gasteiger partial charge in [-0.05, 0) is 0 Å². The number of carbonyl (C=O) groups excluding carboxylic acids is 3. The van der Waals surface area contributed by atoms with E-state index in [0.717, 1.165) is 0 Å². The molecule has 0 bridgehead atoms. The van der Waals surface area contributed by atoms with Crippen LogP contribution in [0, 0.1) is 0 Å². The van der Waals surface area contributed by atoms with Crippen LogP contribution in [0.15, 0.2) is 0 Å². The molecule has 3 unspecified atom stereocenters. The summed E-state index contributed by atoms with van der Waals surface area (Å²) in [5.41, 5.74) is 0. The highest BCUT2D eigenvalue weighted by Crippen LogP contribution is 2.27. The molecule has 108 valence electrons. The van der Waals surface area contributed by atoms with Gasteiger partial charge in [-0.15, -0.1) is 0 Å². The Hall–Kier alpha value is -1.17. The fourth-order valence-electron chi connectivity index (χ4n) is 1.36. The molecular weight excluding hydrogens is 263 g/mol. The highest BCUT2D eigenvalue weighted by molar-refractivity contribution is 6.55. The van der Waals surface area contributed by atoms with Crippen LogP contribution in [0.2, 0.25) is 0 Å². The maximum Gasteiger partial charge on any atom is 0.532 e. The highest BCUT2D eigenvalue weighted by atomic mass is 16.9. The first kappa shape index (κ1) is 15.9. The lowest BCUT2D eigenvalue weighted by molar-refractivity contribution is -0.116. The van der Waals surface area contributed by atoms with Crippen LogP contribution in [-0.2, 0) is 33.0 Å². The number of rotatable bonds is 4. The molecule has 2 fully saturated rings. The van der Waals surface area contributed by atoms with Crippen LogP contribution >= 0.6 is 0 Å². The third kappa shape index (κ3) is 4.46. The zero-order valence-corrected chi connectivity index (χ0v) is 9.91. The van der Waals surface area contributed by atoms with E-state index in [1.165, 1.54) is 0 Å². The van der Waals surface area contributed by atoms with Crippen LogP contribution in [0.5, 0.6) is 0 Å². The Bertz CT molecular complexity index is 299. The maximum absolute atomic E-state index is 10.3. The average Bonchev–Trinajstić information content (AvgIpc) is 3.06. The summed E-state index contributed by atoms with van der Waals surface area (Å²) < 4.78 is 20.2. The third-order valence-electron chi connectivity index (χ3n) is 2.26. The van der Waals surface area contributed by atoms with Crippen molar-refractivity contribution in [2.45, 2.75) is 18.3 Å². The molecule has 3 atom stereocenters. The molecule has 2 N–H and O–H groups in total. The van der Waals surface area contributed by atoms with Crippen molar-refractivity contribution in [1.29, 1.82) is 0 Å². The molecule has 10 heteroatoms. The van der Waals surface area contributed by atoms with Crippen molar-refractivity contribution in [1.82, 2.24) is 0 Å². The molecule has 19 heavy (non-hydrogen) atoms. The smallest absolute Gasteiger partial charge is 0.516 e. The Morgan fingerprint density at radius 1 is 1.11 bits per heavy atom. The number of hydrogen-bond donors (Lipinski definition) is 2. The summed E-state index contributed by atoms with van der Waals surface area (Å²) in [5, 5.41) is 15.9.